The van der Waals surface area contributed by atoms with Crippen LogP contribution in [0.2, 0.25) is 0 Å². The van der Waals surface area contributed by atoms with E-state index in [4.69, 9.17) is 20.4 Å². The van der Waals surface area contributed by atoms with Crippen molar-refractivity contribution in [3.63, 3.8) is 0 Å². The number of nitrogens with one attached hydrogen (secondary N) is 2. The molecule has 0 atom stereocenters. The van der Waals surface area contributed by atoms with Gasteiger partial charge in [0.05, 0.1) is 0 Å². The van der Waals surface area contributed by atoms with Crippen LogP contribution in [0.15, 0.2) is 0 Å². The SMILES string of the molecule is CCCC(C)C.N=C=O.N=C=O. The zero-order chi connectivity index (χ0) is 10.4. The minimum atomic E-state index is 0.750. The summed E-state index contributed by atoms with van der Waals surface area (Å²) in [6, 6.07) is 0. The van der Waals surface area contributed by atoms with Crippen molar-refractivity contribution in [1.29, 1.82) is 10.8 Å². The molecule has 70 valence electrons. The van der Waals surface area contributed by atoms with E-state index >= 15 is 0 Å². The first-order chi connectivity index (χ1) is 5.60. The highest BCUT2D eigenvalue weighted by atomic mass is 16.1. The summed E-state index contributed by atoms with van der Waals surface area (Å²) in [5.41, 5.74) is 0. The fourth-order valence-electron chi connectivity index (χ4n) is 0.577. The van der Waals surface area contributed by atoms with Crippen molar-refractivity contribution in [2.24, 2.45) is 5.92 Å². The molecule has 0 radical (unpaired) electrons. The average Bonchev–Trinajstić information content (AvgIpc) is 1.89. The monoisotopic (exact) mass is 172 g/mol. The van der Waals surface area contributed by atoms with Gasteiger partial charge in [0, 0.05) is 0 Å². The van der Waals surface area contributed by atoms with Gasteiger partial charge in [0.25, 0.3) is 0 Å². The van der Waals surface area contributed by atoms with Crippen LogP contribution in [-0.2, 0) is 9.59 Å². The van der Waals surface area contributed by atoms with Crippen LogP contribution >= 0.6 is 0 Å². The predicted molar refractivity (Wildman–Crippen MR) is 46.6 cm³/mol. The molecule has 0 aromatic rings. The van der Waals surface area contributed by atoms with Gasteiger partial charge in [-0.2, -0.15) is 0 Å². The summed E-state index contributed by atoms with van der Waals surface area (Å²) in [7, 11) is 0. The maximum atomic E-state index is 8.35. The van der Waals surface area contributed by atoms with Gasteiger partial charge in [0.1, 0.15) is 0 Å². The molecule has 0 aromatic heterocycles. The molecular weight excluding hydrogens is 156 g/mol. The summed E-state index contributed by atoms with van der Waals surface area (Å²) in [6.07, 6.45) is 4.21. The molecule has 0 saturated carbocycles. The molecule has 0 spiro atoms. The van der Waals surface area contributed by atoms with Crippen molar-refractivity contribution in [2.75, 3.05) is 0 Å². The molecule has 0 saturated heterocycles. The summed E-state index contributed by atoms with van der Waals surface area (Å²) in [4.78, 5) is 16.7. The van der Waals surface area contributed by atoms with E-state index in [1.54, 1.807) is 0 Å². The Morgan fingerprint density at radius 2 is 1.42 bits per heavy atom. The van der Waals surface area contributed by atoms with Gasteiger partial charge in [-0.1, -0.05) is 33.6 Å². The average molecular weight is 172 g/mol. The van der Waals surface area contributed by atoms with Crippen molar-refractivity contribution < 1.29 is 9.59 Å². The second kappa shape index (κ2) is 22.6. The van der Waals surface area contributed by atoms with Gasteiger partial charge in [-0.25, -0.2) is 20.4 Å². The molecule has 0 aliphatic heterocycles. The summed E-state index contributed by atoms with van der Waals surface area (Å²) >= 11 is 0. The smallest absolute Gasteiger partial charge is 0.222 e. The van der Waals surface area contributed by atoms with E-state index in [9.17, 15) is 0 Å². The third-order valence-corrected chi connectivity index (χ3v) is 0.866. The highest BCUT2D eigenvalue weighted by Gasteiger charge is 1.85. The first kappa shape index (κ1) is 17.0. The molecule has 12 heavy (non-hydrogen) atoms. The second-order valence-corrected chi connectivity index (χ2v) is 2.39. The zero-order valence-electron chi connectivity index (χ0n) is 7.81. The first-order valence-electron chi connectivity index (χ1n) is 3.68. The number of carbonyl (C=O) groups excluding carboxylic acids is 2. The minimum absolute atomic E-state index is 0.750. The molecule has 0 aliphatic carbocycles. The molecule has 2 N–H and O–H groups in total. The molecule has 0 amide bonds. The third-order valence-electron chi connectivity index (χ3n) is 0.866. The molecule has 0 rings (SSSR count). The summed E-state index contributed by atoms with van der Waals surface area (Å²) in [5.74, 6) is 0.898. The number of hydrogen-bond acceptors (Lipinski definition) is 4. The van der Waals surface area contributed by atoms with E-state index in [-0.39, 0.29) is 0 Å². The van der Waals surface area contributed by atoms with Crippen LogP contribution in [0, 0.1) is 16.7 Å². The van der Waals surface area contributed by atoms with Gasteiger partial charge in [0.2, 0.25) is 12.2 Å². The minimum Gasteiger partial charge on any atom is -0.222 e. The fraction of sp³-hybridized carbons (Fsp3) is 0.750. The van der Waals surface area contributed by atoms with E-state index in [0.29, 0.717) is 0 Å². The largest absolute Gasteiger partial charge is 0.231 e. The van der Waals surface area contributed by atoms with Gasteiger partial charge < -0.3 is 0 Å². The Kier molecular flexibility index (Phi) is 32.0. The van der Waals surface area contributed by atoms with Gasteiger partial charge in [-0.05, 0) is 5.92 Å². The van der Waals surface area contributed by atoms with Crippen LogP contribution < -0.4 is 0 Å². The van der Waals surface area contributed by atoms with Crippen LogP contribution in [0.1, 0.15) is 33.6 Å². The number of isocyanates is 2. The Bertz CT molecular complexity index is 120. The topological polar surface area (TPSA) is 81.8 Å². The Morgan fingerprint density at radius 3 is 1.42 bits per heavy atom. The second-order valence-electron chi connectivity index (χ2n) is 2.39. The van der Waals surface area contributed by atoms with Crippen LogP contribution in [0.25, 0.3) is 0 Å². The lowest BCUT2D eigenvalue weighted by Crippen LogP contribution is -1.81. The van der Waals surface area contributed by atoms with Crippen LogP contribution in [0.5, 0.6) is 0 Å². The maximum absolute atomic E-state index is 8.35. The normalized spacial score (nSPS) is 6.33. The molecule has 0 fully saturated rings. The summed E-state index contributed by atoms with van der Waals surface area (Å²) in [5, 5.41) is 10.8. The van der Waals surface area contributed by atoms with Crippen LogP contribution in [0.3, 0.4) is 0 Å². The van der Waals surface area contributed by atoms with Gasteiger partial charge in [-0.3, -0.25) is 0 Å². The summed E-state index contributed by atoms with van der Waals surface area (Å²) in [6.45, 7) is 6.73. The fourth-order valence-corrected chi connectivity index (χ4v) is 0.577. The Morgan fingerprint density at radius 1 is 1.17 bits per heavy atom. The Balaban J connectivity index is -0.000000115. The van der Waals surface area contributed by atoms with E-state index in [2.05, 4.69) is 20.8 Å². The first-order valence-corrected chi connectivity index (χ1v) is 3.68. The van der Waals surface area contributed by atoms with Gasteiger partial charge >= 0.3 is 0 Å². The van der Waals surface area contributed by atoms with Crippen LogP contribution in [0.4, 0.5) is 0 Å². The molecule has 4 heteroatoms. The van der Waals surface area contributed by atoms with Crippen molar-refractivity contribution >= 4 is 12.2 Å². The highest BCUT2D eigenvalue weighted by Crippen LogP contribution is 2.00. The number of rotatable bonds is 2. The lowest BCUT2D eigenvalue weighted by atomic mass is 10.1. The molecule has 0 aliphatic rings. The molecule has 0 heterocycles. The number of hydrogen-bond donors (Lipinski definition) is 2. The van der Waals surface area contributed by atoms with Crippen molar-refractivity contribution in [1.82, 2.24) is 0 Å². The Hall–Kier alpha value is -1.24. The highest BCUT2D eigenvalue weighted by molar-refractivity contribution is 5.26. The lowest BCUT2D eigenvalue weighted by Gasteiger charge is -1.95. The van der Waals surface area contributed by atoms with Gasteiger partial charge in [0.15, 0.2) is 0 Å². The van der Waals surface area contributed by atoms with E-state index < -0.39 is 0 Å². The summed E-state index contributed by atoms with van der Waals surface area (Å²) < 4.78 is 0. The van der Waals surface area contributed by atoms with Crippen molar-refractivity contribution in [3.8, 4) is 0 Å². The molecule has 4 nitrogen and oxygen atoms in total. The van der Waals surface area contributed by atoms with Gasteiger partial charge in [-0.15, -0.1) is 0 Å². The van der Waals surface area contributed by atoms with Crippen molar-refractivity contribution in [2.45, 2.75) is 33.6 Å². The zero-order valence-corrected chi connectivity index (χ0v) is 7.81. The third kappa shape index (κ3) is 170. The quantitative estimate of drug-likeness (QED) is 0.494. The lowest BCUT2D eigenvalue weighted by molar-refractivity contribution is 0.562. The molecule has 0 aromatic carbocycles. The Labute approximate surface area is 73.0 Å². The standard InChI is InChI=1S/C6H14.2CHNO/c1-4-5-6(2)3;2*2-1-3/h6H,4-5H2,1-3H3;2*2H. The van der Waals surface area contributed by atoms with E-state index in [0.717, 1.165) is 18.1 Å². The van der Waals surface area contributed by atoms with E-state index in [1.165, 1.54) is 12.8 Å². The van der Waals surface area contributed by atoms with Crippen LogP contribution in [-0.4, -0.2) is 12.2 Å². The molecule has 0 bridgehead atoms. The predicted octanol–water partition coefficient (Wildman–Crippen LogP) is 2.24. The molecular formula is C8H16N2O2. The maximum Gasteiger partial charge on any atom is 0.231 e. The van der Waals surface area contributed by atoms with E-state index in [1.807, 2.05) is 0 Å². The van der Waals surface area contributed by atoms with Crippen molar-refractivity contribution in [3.05, 3.63) is 0 Å². The molecule has 0 unspecified atom stereocenters.